The second-order valence-corrected chi connectivity index (χ2v) is 5.27. The molecule has 80 valence electrons. The van der Waals surface area contributed by atoms with Crippen molar-refractivity contribution in [3.05, 3.63) is 30.3 Å². The van der Waals surface area contributed by atoms with E-state index in [1.54, 1.807) is 37.3 Å². The minimum Gasteiger partial charge on any atom is -0.329 e. The van der Waals surface area contributed by atoms with Crippen LogP contribution in [-0.4, -0.2) is 20.2 Å². The van der Waals surface area contributed by atoms with Crippen LogP contribution in [0.4, 0.5) is 0 Å². The molecule has 14 heavy (non-hydrogen) atoms. The maximum atomic E-state index is 11.7. The summed E-state index contributed by atoms with van der Waals surface area (Å²) in [7, 11) is -3.21. The van der Waals surface area contributed by atoms with E-state index in [0.717, 1.165) is 0 Å². The van der Waals surface area contributed by atoms with Gasteiger partial charge in [-0.2, -0.15) is 0 Å². The van der Waals surface area contributed by atoms with Gasteiger partial charge in [0, 0.05) is 6.54 Å². The first-order valence-electron chi connectivity index (χ1n) is 4.08. The van der Waals surface area contributed by atoms with Crippen LogP contribution in [0.5, 0.6) is 0 Å². The van der Waals surface area contributed by atoms with Gasteiger partial charge in [0.15, 0.2) is 9.84 Å². The minimum atomic E-state index is -3.21. The third-order valence-electron chi connectivity index (χ3n) is 1.93. The molecule has 5 heteroatoms. The van der Waals surface area contributed by atoms with Gasteiger partial charge in [-0.15, -0.1) is 12.4 Å². The Morgan fingerprint density at radius 1 is 1.29 bits per heavy atom. The van der Waals surface area contributed by atoms with Crippen molar-refractivity contribution < 1.29 is 8.42 Å². The Labute approximate surface area is 90.6 Å². The van der Waals surface area contributed by atoms with E-state index in [1.807, 2.05) is 0 Å². The molecule has 0 aliphatic carbocycles. The van der Waals surface area contributed by atoms with Gasteiger partial charge in [-0.1, -0.05) is 18.2 Å². The largest absolute Gasteiger partial charge is 0.329 e. The van der Waals surface area contributed by atoms with E-state index in [9.17, 15) is 8.42 Å². The van der Waals surface area contributed by atoms with Crippen molar-refractivity contribution in [2.45, 2.75) is 17.1 Å². The number of benzene rings is 1. The molecule has 0 saturated heterocycles. The van der Waals surface area contributed by atoms with Crippen LogP contribution >= 0.6 is 12.4 Å². The van der Waals surface area contributed by atoms with Gasteiger partial charge in [-0.3, -0.25) is 0 Å². The summed E-state index contributed by atoms with van der Waals surface area (Å²) in [5.74, 6) is 0. The van der Waals surface area contributed by atoms with Gasteiger partial charge in [-0.25, -0.2) is 8.42 Å². The molecule has 1 rings (SSSR count). The van der Waals surface area contributed by atoms with Crippen LogP contribution in [0.1, 0.15) is 6.92 Å². The molecule has 0 aliphatic rings. The fourth-order valence-corrected chi connectivity index (χ4v) is 2.22. The van der Waals surface area contributed by atoms with Crippen LogP contribution in [0, 0.1) is 0 Å². The predicted molar refractivity (Wildman–Crippen MR) is 59.4 cm³/mol. The van der Waals surface area contributed by atoms with Crippen molar-refractivity contribution in [2.75, 3.05) is 6.54 Å². The van der Waals surface area contributed by atoms with Crippen LogP contribution in [-0.2, 0) is 9.84 Å². The highest BCUT2D eigenvalue weighted by Gasteiger charge is 2.20. The van der Waals surface area contributed by atoms with E-state index in [2.05, 4.69) is 0 Å². The Balaban J connectivity index is 0.00000169. The Kier molecular flexibility index (Phi) is 5.12. The highest BCUT2D eigenvalue weighted by molar-refractivity contribution is 7.92. The first-order chi connectivity index (χ1) is 6.09. The molecular weight excluding hydrogens is 222 g/mol. The Morgan fingerprint density at radius 3 is 2.21 bits per heavy atom. The number of hydrogen-bond acceptors (Lipinski definition) is 3. The molecule has 1 aromatic rings. The predicted octanol–water partition coefficient (Wildman–Crippen LogP) is 1.23. The Hall–Kier alpha value is -0.580. The number of sulfone groups is 1. The van der Waals surface area contributed by atoms with Gasteiger partial charge >= 0.3 is 0 Å². The lowest BCUT2D eigenvalue weighted by Gasteiger charge is -2.09. The molecule has 3 nitrogen and oxygen atoms in total. The molecule has 0 heterocycles. The zero-order valence-corrected chi connectivity index (χ0v) is 9.51. The molecular formula is C9H14ClNO2S. The summed E-state index contributed by atoms with van der Waals surface area (Å²) in [6.45, 7) is 1.76. The summed E-state index contributed by atoms with van der Waals surface area (Å²) in [6, 6.07) is 8.36. The SMILES string of the molecule is CC(CN)S(=O)(=O)c1ccccc1.Cl. The lowest BCUT2D eigenvalue weighted by Crippen LogP contribution is -2.26. The topological polar surface area (TPSA) is 60.2 Å². The van der Waals surface area contributed by atoms with Crippen molar-refractivity contribution in [3.8, 4) is 0 Å². The molecule has 0 amide bonds. The van der Waals surface area contributed by atoms with Crippen molar-refractivity contribution in [1.82, 2.24) is 0 Å². The molecule has 0 aromatic heterocycles. The second kappa shape index (κ2) is 5.34. The summed E-state index contributed by atoms with van der Waals surface area (Å²) in [5.41, 5.74) is 5.32. The van der Waals surface area contributed by atoms with Gasteiger partial charge < -0.3 is 5.73 Å². The molecule has 0 bridgehead atoms. The van der Waals surface area contributed by atoms with E-state index in [0.29, 0.717) is 4.90 Å². The number of halogens is 1. The summed E-state index contributed by atoms with van der Waals surface area (Å²) < 4.78 is 23.4. The van der Waals surface area contributed by atoms with E-state index < -0.39 is 15.1 Å². The van der Waals surface area contributed by atoms with Gasteiger partial charge in [0.05, 0.1) is 10.1 Å². The van der Waals surface area contributed by atoms with Crippen molar-refractivity contribution >= 4 is 22.2 Å². The number of rotatable bonds is 3. The maximum Gasteiger partial charge on any atom is 0.182 e. The normalized spacial score (nSPS) is 13.0. The van der Waals surface area contributed by atoms with Gasteiger partial charge in [0.1, 0.15) is 0 Å². The quantitative estimate of drug-likeness (QED) is 0.857. The number of hydrogen-bond donors (Lipinski definition) is 1. The van der Waals surface area contributed by atoms with Gasteiger partial charge in [-0.05, 0) is 19.1 Å². The lowest BCUT2D eigenvalue weighted by atomic mass is 10.4. The average Bonchev–Trinajstić information content (AvgIpc) is 2.18. The van der Waals surface area contributed by atoms with Gasteiger partial charge in [0.25, 0.3) is 0 Å². The molecule has 0 aliphatic heterocycles. The monoisotopic (exact) mass is 235 g/mol. The first kappa shape index (κ1) is 13.4. The number of nitrogens with two attached hydrogens (primary N) is 1. The molecule has 2 N–H and O–H groups in total. The summed E-state index contributed by atoms with van der Waals surface area (Å²) in [6.07, 6.45) is 0. The average molecular weight is 236 g/mol. The van der Waals surface area contributed by atoms with Crippen LogP contribution in [0.15, 0.2) is 35.2 Å². The third kappa shape index (κ3) is 2.70. The third-order valence-corrected chi connectivity index (χ3v) is 4.11. The first-order valence-corrected chi connectivity index (χ1v) is 5.62. The van der Waals surface area contributed by atoms with Crippen molar-refractivity contribution in [2.24, 2.45) is 5.73 Å². The molecule has 0 saturated carbocycles. The highest BCUT2D eigenvalue weighted by Crippen LogP contribution is 2.14. The van der Waals surface area contributed by atoms with E-state index in [1.165, 1.54) is 0 Å². The van der Waals surface area contributed by atoms with Crippen LogP contribution in [0.2, 0.25) is 0 Å². The Bertz CT molecular complexity index is 364. The molecule has 0 radical (unpaired) electrons. The fraction of sp³-hybridized carbons (Fsp3) is 0.333. The Morgan fingerprint density at radius 2 is 1.79 bits per heavy atom. The van der Waals surface area contributed by atoms with Crippen molar-refractivity contribution in [1.29, 1.82) is 0 Å². The second-order valence-electron chi connectivity index (χ2n) is 2.90. The van der Waals surface area contributed by atoms with E-state index in [4.69, 9.17) is 5.73 Å². The minimum absolute atomic E-state index is 0. The standard InChI is InChI=1S/C9H13NO2S.ClH/c1-8(7-10)13(11,12)9-5-3-2-4-6-9;/h2-6,8H,7,10H2,1H3;1H. The molecule has 1 aromatic carbocycles. The smallest absolute Gasteiger partial charge is 0.182 e. The molecule has 1 atom stereocenters. The van der Waals surface area contributed by atoms with Crippen molar-refractivity contribution in [3.63, 3.8) is 0 Å². The maximum absolute atomic E-state index is 11.7. The fourth-order valence-electron chi connectivity index (χ4n) is 0.969. The summed E-state index contributed by atoms with van der Waals surface area (Å²) in [4.78, 5) is 0.341. The van der Waals surface area contributed by atoms with E-state index >= 15 is 0 Å². The molecule has 1 unspecified atom stereocenters. The van der Waals surface area contributed by atoms with E-state index in [-0.39, 0.29) is 19.0 Å². The van der Waals surface area contributed by atoms with Gasteiger partial charge in [0.2, 0.25) is 0 Å². The zero-order valence-electron chi connectivity index (χ0n) is 7.88. The highest BCUT2D eigenvalue weighted by atomic mass is 35.5. The summed E-state index contributed by atoms with van der Waals surface area (Å²) in [5, 5.41) is -0.519. The zero-order chi connectivity index (χ0) is 9.90. The summed E-state index contributed by atoms with van der Waals surface area (Å²) >= 11 is 0. The molecule has 0 fully saturated rings. The lowest BCUT2D eigenvalue weighted by molar-refractivity contribution is 0.584. The van der Waals surface area contributed by atoms with Crippen LogP contribution < -0.4 is 5.73 Å². The van der Waals surface area contributed by atoms with Crippen LogP contribution in [0.3, 0.4) is 0 Å². The molecule has 0 spiro atoms. The van der Waals surface area contributed by atoms with Crippen LogP contribution in [0.25, 0.3) is 0 Å².